The molecule has 0 saturated heterocycles. The zero-order valence-electron chi connectivity index (χ0n) is 10.3. The van der Waals surface area contributed by atoms with Gasteiger partial charge in [0.2, 0.25) is 5.91 Å². The van der Waals surface area contributed by atoms with Crippen LogP contribution in [0.1, 0.15) is 17.9 Å². The van der Waals surface area contributed by atoms with Crippen LogP contribution >= 0.6 is 11.8 Å². The number of benzene rings is 1. The lowest BCUT2D eigenvalue weighted by molar-refractivity contribution is -0.138. The van der Waals surface area contributed by atoms with E-state index in [0.717, 1.165) is 5.75 Å². The van der Waals surface area contributed by atoms with Crippen molar-refractivity contribution in [2.24, 2.45) is 0 Å². The number of nitrogens with one attached hydrogen (secondary N) is 1. The van der Waals surface area contributed by atoms with Gasteiger partial charge in [-0.15, -0.1) is 0 Å². The Balaban J connectivity index is 2.55. The highest BCUT2D eigenvalue weighted by molar-refractivity contribution is 7.98. The fraction of sp³-hybridized carbons (Fsp3) is 0.385. The highest BCUT2D eigenvalue weighted by Gasteiger charge is 2.19. The van der Waals surface area contributed by atoms with Crippen LogP contribution in [0.5, 0.6) is 0 Å². The molecule has 18 heavy (non-hydrogen) atoms. The molecule has 0 radical (unpaired) electrons. The predicted octanol–water partition coefficient (Wildman–Crippen LogP) is 1.72. The summed E-state index contributed by atoms with van der Waals surface area (Å²) < 4.78 is 0. The number of hydrogen-bond donors (Lipinski definition) is 2. The molecule has 1 unspecified atom stereocenters. The van der Waals surface area contributed by atoms with E-state index in [2.05, 4.69) is 5.32 Å². The lowest BCUT2D eigenvalue weighted by Gasteiger charge is -2.13. The molecule has 0 aliphatic carbocycles. The molecule has 4 nitrogen and oxygen atoms in total. The Hall–Kier alpha value is -1.49. The van der Waals surface area contributed by atoms with Gasteiger partial charge < -0.3 is 10.4 Å². The van der Waals surface area contributed by atoms with E-state index in [0.29, 0.717) is 12.0 Å². The van der Waals surface area contributed by atoms with Crippen molar-refractivity contribution in [3.05, 3.63) is 35.9 Å². The zero-order valence-corrected chi connectivity index (χ0v) is 11.1. The molecule has 0 heterocycles. The maximum Gasteiger partial charge on any atom is 0.312 e. The molecule has 1 amide bonds. The third-order valence-electron chi connectivity index (χ3n) is 2.54. The number of carbonyl (C=O) groups excluding carboxylic acids is 1. The monoisotopic (exact) mass is 267 g/mol. The van der Waals surface area contributed by atoms with E-state index in [1.165, 1.54) is 0 Å². The van der Waals surface area contributed by atoms with Gasteiger partial charge in [0.05, 0.1) is 5.92 Å². The average molecular weight is 267 g/mol. The van der Waals surface area contributed by atoms with Crippen LogP contribution in [0.15, 0.2) is 30.3 Å². The standard InChI is InChI=1S/C13H17NO3S/c1-18-8-7-12(15)14-9-11(13(16)17)10-5-3-2-4-6-10/h2-6,11H,7-9H2,1H3,(H,14,15)(H,16,17). The van der Waals surface area contributed by atoms with Gasteiger partial charge in [-0.05, 0) is 11.8 Å². The number of amides is 1. The van der Waals surface area contributed by atoms with Gasteiger partial charge in [-0.25, -0.2) is 0 Å². The van der Waals surface area contributed by atoms with Crippen LogP contribution in [-0.4, -0.2) is 35.5 Å². The molecule has 0 bridgehead atoms. The van der Waals surface area contributed by atoms with Crippen molar-refractivity contribution in [3.63, 3.8) is 0 Å². The highest BCUT2D eigenvalue weighted by Crippen LogP contribution is 2.14. The lowest BCUT2D eigenvalue weighted by atomic mass is 9.99. The quantitative estimate of drug-likeness (QED) is 0.789. The summed E-state index contributed by atoms with van der Waals surface area (Å²) in [7, 11) is 0. The van der Waals surface area contributed by atoms with Gasteiger partial charge in [0, 0.05) is 18.7 Å². The van der Waals surface area contributed by atoms with Crippen molar-refractivity contribution in [2.75, 3.05) is 18.6 Å². The molecular formula is C13H17NO3S. The Morgan fingerprint density at radius 3 is 2.56 bits per heavy atom. The molecular weight excluding hydrogens is 250 g/mol. The first-order valence-electron chi connectivity index (χ1n) is 5.68. The Bertz CT molecular complexity index is 394. The summed E-state index contributed by atoms with van der Waals surface area (Å²) in [6.45, 7) is 0.132. The van der Waals surface area contributed by atoms with Crippen molar-refractivity contribution >= 4 is 23.6 Å². The lowest BCUT2D eigenvalue weighted by Crippen LogP contribution is -2.31. The molecule has 1 aromatic rings. The van der Waals surface area contributed by atoms with E-state index in [-0.39, 0.29) is 12.5 Å². The molecule has 0 aliphatic heterocycles. The van der Waals surface area contributed by atoms with Crippen molar-refractivity contribution in [3.8, 4) is 0 Å². The number of rotatable bonds is 7. The minimum Gasteiger partial charge on any atom is -0.481 e. The zero-order chi connectivity index (χ0) is 13.4. The van der Waals surface area contributed by atoms with Crippen LogP contribution in [0.25, 0.3) is 0 Å². The van der Waals surface area contributed by atoms with Crippen LogP contribution in [0.4, 0.5) is 0 Å². The van der Waals surface area contributed by atoms with Crippen LogP contribution in [-0.2, 0) is 9.59 Å². The number of thioether (sulfide) groups is 1. The molecule has 0 aliphatic rings. The van der Waals surface area contributed by atoms with E-state index < -0.39 is 11.9 Å². The Morgan fingerprint density at radius 1 is 1.33 bits per heavy atom. The first-order valence-corrected chi connectivity index (χ1v) is 7.08. The minimum atomic E-state index is -0.925. The summed E-state index contributed by atoms with van der Waals surface area (Å²) in [5, 5.41) is 11.8. The van der Waals surface area contributed by atoms with Crippen LogP contribution in [0.2, 0.25) is 0 Å². The maximum absolute atomic E-state index is 11.4. The Labute approximate surface area is 111 Å². The third-order valence-corrected chi connectivity index (χ3v) is 3.15. The Kier molecular flexibility index (Phi) is 6.28. The van der Waals surface area contributed by atoms with E-state index in [1.54, 1.807) is 36.0 Å². The van der Waals surface area contributed by atoms with Crippen LogP contribution in [0.3, 0.4) is 0 Å². The number of carbonyl (C=O) groups is 2. The first-order chi connectivity index (χ1) is 8.65. The summed E-state index contributed by atoms with van der Waals surface area (Å²) in [6.07, 6.45) is 2.35. The number of carboxylic acid groups (broad SMARTS) is 1. The maximum atomic E-state index is 11.4. The number of carboxylic acids is 1. The van der Waals surface area contributed by atoms with E-state index >= 15 is 0 Å². The Morgan fingerprint density at radius 2 is 2.00 bits per heavy atom. The SMILES string of the molecule is CSCCC(=O)NCC(C(=O)O)c1ccccc1. The smallest absolute Gasteiger partial charge is 0.312 e. The molecule has 1 atom stereocenters. The molecule has 5 heteroatoms. The summed E-state index contributed by atoms with van der Waals surface area (Å²) >= 11 is 1.59. The van der Waals surface area contributed by atoms with Crippen molar-refractivity contribution in [1.82, 2.24) is 5.32 Å². The van der Waals surface area contributed by atoms with E-state index in [4.69, 9.17) is 5.11 Å². The van der Waals surface area contributed by atoms with E-state index in [9.17, 15) is 9.59 Å². The van der Waals surface area contributed by atoms with Crippen molar-refractivity contribution < 1.29 is 14.7 Å². The van der Waals surface area contributed by atoms with Crippen LogP contribution < -0.4 is 5.32 Å². The summed E-state index contributed by atoms with van der Waals surface area (Å²) in [5.41, 5.74) is 0.704. The van der Waals surface area contributed by atoms with Gasteiger partial charge in [0.1, 0.15) is 0 Å². The summed E-state index contributed by atoms with van der Waals surface area (Å²) in [6, 6.07) is 8.93. The highest BCUT2D eigenvalue weighted by atomic mass is 32.2. The molecule has 1 rings (SSSR count). The van der Waals surface area contributed by atoms with Gasteiger partial charge in [-0.1, -0.05) is 30.3 Å². The van der Waals surface area contributed by atoms with E-state index in [1.807, 2.05) is 12.3 Å². The fourth-order valence-electron chi connectivity index (χ4n) is 1.53. The van der Waals surface area contributed by atoms with Gasteiger partial charge >= 0.3 is 5.97 Å². The summed E-state index contributed by atoms with van der Waals surface area (Å²) in [5.74, 6) is -0.975. The molecule has 0 saturated carbocycles. The second-order valence-corrected chi connectivity index (χ2v) is 4.83. The second kappa shape index (κ2) is 7.76. The fourth-order valence-corrected chi connectivity index (χ4v) is 1.92. The van der Waals surface area contributed by atoms with Crippen LogP contribution in [0, 0.1) is 0 Å². The minimum absolute atomic E-state index is 0.105. The molecule has 0 fully saturated rings. The summed E-state index contributed by atoms with van der Waals surface area (Å²) in [4.78, 5) is 22.6. The largest absolute Gasteiger partial charge is 0.481 e. The molecule has 2 N–H and O–H groups in total. The first kappa shape index (κ1) is 14.6. The van der Waals surface area contributed by atoms with Gasteiger partial charge in [0.25, 0.3) is 0 Å². The predicted molar refractivity (Wildman–Crippen MR) is 72.8 cm³/mol. The van der Waals surface area contributed by atoms with Crippen molar-refractivity contribution in [1.29, 1.82) is 0 Å². The third kappa shape index (κ3) is 4.79. The second-order valence-electron chi connectivity index (χ2n) is 3.85. The topological polar surface area (TPSA) is 66.4 Å². The van der Waals surface area contributed by atoms with Gasteiger partial charge in [-0.3, -0.25) is 9.59 Å². The van der Waals surface area contributed by atoms with Gasteiger partial charge in [0.15, 0.2) is 0 Å². The van der Waals surface area contributed by atoms with Crippen molar-refractivity contribution in [2.45, 2.75) is 12.3 Å². The normalized spacial score (nSPS) is 11.8. The average Bonchev–Trinajstić information content (AvgIpc) is 2.37. The molecule has 0 spiro atoms. The molecule has 1 aromatic carbocycles. The molecule has 0 aromatic heterocycles. The number of aliphatic carboxylic acids is 1. The van der Waals surface area contributed by atoms with Gasteiger partial charge in [-0.2, -0.15) is 11.8 Å². The number of hydrogen-bond acceptors (Lipinski definition) is 3. The molecule has 98 valence electrons.